The van der Waals surface area contributed by atoms with E-state index in [4.69, 9.17) is 9.47 Å². The summed E-state index contributed by atoms with van der Waals surface area (Å²) in [6.45, 7) is 3.08. The van der Waals surface area contributed by atoms with Gasteiger partial charge >= 0.3 is 12.1 Å². The maximum Gasteiger partial charge on any atom is 0.410 e. The number of carbonyl (C=O) groups excluding carboxylic acids is 4. The maximum absolute atomic E-state index is 13.6. The molecule has 0 radical (unpaired) electrons. The van der Waals surface area contributed by atoms with Crippen molar-refractivity contribution < 1.29 is 28.7 Å². The summed E-state index contributed by atoms with van der Waals surface area (Å²) < 4.78 is 11.1. The first-order valence-electron chi connectivity index (χ1n) is 13.9. The molecule has 4 aliphatic rings. The Morgan fingerprint density at radius 1 is 1.08 bits per heavy atom. The highest BCUT2D eigenvalue weighted by molar-refractivity contribution is 5.95. The fourth-order valence-corrected chi connectivity index (χ4v) is 5.90. The average Bonchev–Trinajstić information content (AvgIpc) is 3.23. The molecule has 0 spiro atoms. The van der Waals surface area contributed by atoms with Crippen molar-refractivity contribution in [3.05, 3.63) is 47.5 Å². The Kier molecular flexibility index (Phi) is 7.72. The highest BCUT2D eigenvalue weighted by Gasteiger charge is 2.62. The fraction of sp³-hybridized carbons (Fsp3) is 0.586. The molecule has 3 aliphatic heterocycles. The van der Waals surface area contributed by atoms with Crippen molar-refractivity contribution in [2.75, 3.05) is 13.2 Å². The third kappa shape index (κ3) is 5.42. The van der Waals surface area contributed by atoms with Crippen LogP contribution in [-0.2, 0) is 36.9 Å². The van der Waals surface area contributed by atoms with Gasteiger partial charge in [-0.05, 0) is 43.7 Å². The molecule has 1 N–H and O–H groups in total. The van der Waals surface area contributed by atoms with Crippen LogP contribution in [0.3, 0.4) is 0 Å². The Hall–Kier alpha value is -3.36. The van der Waals surface area contributed by atoms with Crippen molar-refractivity contribution in [3.63, 3.8) is 0 Å². The van der Waals surface area contributed by atoms with Crippen molar-refractivity contribution in [1.82, 2.24) is 15.1 Å². The molecule has 3 amide bonds. The van der Waals surface area contributed by atoms with Gasteiger partial charge in [-0.3, -0.25) is 14.5 Å². The number of ether oxygens (including phenoxy) is 2. The first kappa shape index (κ1) is 26.3. The van der Waals surface area contributed by atoms with Crippen LogP contribution in [0.15, 0.2) is 36.4 Å². The molecule has 0 aromatic heterocycles. The minimum absolute atomic E-state index is 0.122. The molecule has 1 aromatic carbocycles. The quantitative estimate of drug-likeness (QED) is 0.481. The number of allylic oxidation sites excluding steroid dienone is 1. The maximum atomic E-state index is 13.6. The second kappa shape index (κ2) is 11.2. The molecule has 2 fully saturated rings. The van der Waals surface area contributed by atoms with E-state index in [0.29, 0.717) is 25.9 Å². The van der Waals surface area contributed by atoms with Crippen LogP contribution in [0, 0.1) is 5.92 Å². The summed E-state index contributed by atoms with van der Waals surface area (Å²) in [5.74, 6) is -1.10. The van der Waals surface area contributed by atoms with E-state index in [-0.39, 0.29) is 31.4 Å². The molecule has 38 heavy (non-hydrogen) atoms. The van der Waals surface area contributed by atoms with Gasteiger partial charge in [-0.25, -0.2) is 9.59 Å². The van der Waals surface area contributed by atoms with Gasteiger partial charge in [0.2, 0.25) is 11.8 Å². The third-order valence-electron chi connectivity index (χ3n) is 8.13. The van der Waals surface area contributed by atoms with Gasteiger partial charge in [0, 0.05) is 31.8 Å². The standard InChI is InChI=1S/C29H37N3O6/c1-2-37-27(35)29-16-22(29)13-7-5-3-4-6-8-14-25(33)32-19-23(15-24(32)26(34)30-29)38-28(36)31-17-20-11-9-10-12-21(20)18-31/h7,9-13,22-24H,2-6,8,14-19H2,1H3,(H,30,34)/t22-,23-,24+,29-/m1/s1. The number of nitrogens with one attached hydrogen (secondary N) is 1. The van der Waals surface area contributed by atoms with E-state index < -0.39 is 35.7 Å². The molecule has 9 heteroatoms. The second-order valence-electron chi connectivity index (χ2n) is 10.8. The van der Waals surface area contributed by atoms with Gasteiger partial charge in [0.25, 0.3) is 0 Å². The highest BCUT2D eigenvalue weighted by atomic mass is 16.6. The number of benzene rings is 1. The van der Waals surface area contributed by atoms with E-state index >= 15 is 0 Å². The molecular formula is C29H37N3O6. The number of carbonyl (C=O) groups is 4. The number of fused-ring (bicyclic) bond motifs is 3. The number of esters is 1. The van der Waals surface area contributed by atoms with Crippen molar-refractivity contribution >= 4 is 23.9 Å². The van der Waals surface area contributed by atoms with Crippen LogP contribution in [0.1, 0.15) is 69.4 Å². The van der Waals surface area contributed by atoms with Gasteiger partial charge in [-0.15, -0.1) is 0 Å². The summed E-state index contributed by atoms with van der Waals surface area (Å²) in [4.78, 5) is 55.8. The molecule has 5 rings (SSSR count). The van der Waals surface area contributed by atoms with Crippen LogP contribution in [0.2, 0.25) is 0 Å². The Morgan fingerprint density at radius 2 is 1.82 bits per heavy atom. The average molecular weight is 524 g/mol. The molecule has 9 nitrogen and oxygen atoms in total. The molecule has 0 bridgehead atoms. The molecule has 204 valence electrons. The third-order valence-corrected chi connectivity index (χ3v) is 8.13. The van der Waals surface area contributed by atoms with Crippen molar-refractivity contribution in [3.8, 4) is 0 Å². The highest BCUT2D eigenvalue weighted by Crippen LogP contribution is 2.46. The van der Waals surface area contributed by atoms with Crippen LogP contribution < -0.4 is 5.32 Å². The zero-order valence-electron chi connectivity index (χ0n) is 22.0. The summed E-state index contributed by atoms with van der Waals surface area (Å²) in [6.07, 6.45) is 8.68. The lowest BCUT2D eigenvalue weighted by Crippen LogP contribution is -2.53. The predicted octanol–water partition coefficient (Wildman–Crippen LogP) is 3.46. The summed E-state index contributed by atoms with van der Waals surface area (Å²) in [5.41, 5.74) is 1.08. The van der Waals surface area contributed by atoms with Crippen LogP contribution in [0.25, 0.3) is 0 Å². The fourth-order valence-electron chi connectivity index (χ4n) is 5.90. The minimum Gasteiger partial charge on any atom is -0.464 e. The molecule has 1 aliphatic carbocycles. The molecule has 1 saturated carbocycles. The first-order valence-corrected chi connectivity index (χ1v) is 13.9. The molecule has 1 saturated heterocycles. The SMILES string of the molecule is CCOC(=O)[C@@]12C[C@H]1C=CCCCCCCC(=O)N1C[C@H](OC(=O)N3Cc4ccccc4C3)C[C@H]1C(=O)N2. The normalized spacial score (nSPS) is 29.3. The summed E-state index contributed by atoms with van der Waals surface area (Å²) in [5, 5.41) is 2.94. The Morgan fingerprint density at radius 3 is 2.55 bits per heavy atom. The zero-order valence-corrected chi connectivity index (χ0v) is 22.0. The lowest BCUT2D eigenvalue weighted by atomic mass is 10.1. The number of amides is 3. The Balaban J connectivity index is 1.30. The smallest absolute Gasteiger partial charge is 0.410 e. The largest absolute Gasteiger partial charge is 0.464 e. The van der Waals surface area contributed by atoms with E-state index in [1.54, 1.807) is 11.8 Å². The van der Waals surface area contributed by atoms with Gasteiger partial charge in [0.15, 0.2) is 0 Å². The van der Waals surface area contributed by atoms with Gasteiger partial charge in [-0.2, -0.15) is 0 Å². The van der Waals surface area contributed by atoms with Crippen LogP contribution in [0.4, 0.5) is 4.79 Å². The van der Waals surface area contributed by atoms with Gasteiger partial charge in [0.1, 0.15) is 17.7 Å². The first-order chi connectivity index (χ1) is 18.4. The van der Waals surface area contributed by atoms with E-state index in [1.165, 1.54) is 4.90 Å². The molecule has 3 heterocycles. The van der Waals surface area contributed by atoms with Crippen LogP contribution in [-0.4, -0.2) is 64.5 Å². The predicted molar refractivity (Wildman–Crippen MR) is 139 cm³/mol. The summed E-state index contributed by atoms with van der Waals surface area (Å²) in [7, 11) is 0. The molecule has 0 unspecified atom stereocenters. The summed E-state index contributed by atoms with van der Waals surface area (Å²) in [6, 6.07) is 7.08. The zero-order chi connectivity index (χ0) is 26.7. The van der Waals surface area contributed by atoms with Crippen molar-refractivity contribution in [2.24, 2.45) is 5.92 Å². The van der Waals surface area contributed by atoms with E-state index in [9.17, 15) is 19.2 Å². The van der Waals surface area contributed by atoms with E-state index in [0.717, 1.165) is 43.2 Å². The Bertz CT molecular complexity index is 1090. The lowest BCUT2D eigenvalue weighted by molar-refractivity contribution is -0.150. The van der Waals surface area contributed by atoms with Crippen LogP contribution >= 0.6 is 0 Å². The van der Waals surface area contributed by atoms with E-state index in [1.807, 2.05) is 30.3 Å². The monoisotopic (exact) mass is 523 g/mol. The number of hydrogen-bond acceptors (Lipinski definition) is 6. The lowest BCUT2D eigenvalue weighted by Gasteiger charge is -2.26. The second-order valence-corrected chi connectivity index (χ2v) is 10.8. The number of hydrogen-bond donors (Lipinski definition) is 1. The number of nitrogens with zero attached hydrogens (tertiary/aromatic N) is 2. The summed E-state index contributed by atoms with van der Waals surface area (Å²) >= 11 is 0. The van der Waals surface area contributed by atoms with Gasteiger partial charge in [0.05, 0.1) is 13.2 Å². The van der Waals surface area contributed by atoms with Crippen molar-refractivity contribution in [1.29, 1.82) is 0 Å². The van der Waals surface area contributed by atoms with Gasteiger partial charge in [-0.1, -0.05) is 49.3 Å². The van der Waals surface area contributed by atoms with Crippen LogP contribution in [0.5, 0.6) is 0 Å². The topological polar surface area (TPSA) is 105 Å². The molecule has 4 atom stereocenters. The molecular weight excluding hydrogens is 486 g/mol. The number of rotatable bonds is 3. The van der Waals surface area contributed by atoms with Crippen molar-refractivity contribution in [2.45, 2.75) is 89.1 Å². The van der Waals surface area contributed by atoms with Gasteiger partial charge < -0.3 is 19.7 Å². The minimum atomic E-state index is -1.10. The molecule has 1 aromatic rings. The van der Waals surface area contributed by atoms with E-state index in [2.05, 4.69) is 11.4 Å². The Labute approximate surface area is 223 Å².